The Kier molecular flexibility index (Phi) is 5.17. The van der Waals surface area contributed by atoms with Gasteiger partial charge in [-0.25, -0.2) is 4.98 Å². The van der Waals surface area contributed by atoms with Crippen LogP contribution in [0.15, 0.2) is 6.07 Å². The van der Waals surface area contributed by atoms with Crippen LogP contribution in [0.1, 0.15) is 45.2 Å². The highest BCUT2D eigenvalue weighted by atomic mass is 16.5. The van der Waals surface area contributed by atoms with Gasteiger partial charge in [0, 0.05) is 30.9 Å². The maximum Gasteiger partial charge on any atom is 0.229 e. The monoisotopic (exact) mass is 278 g/mol. The van der Waals surface area contributed by atoms with Crippen molar-refractivity contribution in [1.82, 2.24) is 9.97 Å². The van der Waals surface area contributed by atoms with Crippen LogP contribution < -0.4 is 15.4 Å². The third kappa shape index (κ3) is 3.82. The van der Waals surface area contributed by atoms with E-state index in [1.807, 2.05) is 26.8 Å². The predicted molar refractivity (Wildman–Crippen MR) is 81.2 cm³/mol. The Morgan fingerprint density at radius 1 is 1.35 bits per heavy atom. The molecule has 5 heteroatoms. The maximum atomic E-state index is 5.76. The van der Waals surface area contributed by atoms with Crippen molar-refractivity contribution in [3.05, 3.63) is 11.8 Å². The summed E-state index contributed by atoms with van der Waals surface area (Å²) in [5.41, 5.74) is 6.70. The molecule has 1 aliphatic carbocycles. The van der Waals surface area contributed by atoms with Gasteiger partial charge in [0.1, 0.15) is 0 Å². The van der Waals surface area contributed by atoms with Gasteiger partial charge in [-0.15, -0.1) is 0 Å². The molecule has 0 atom stereocenters. The third-order valence-electron chi connectivity index (χ3n) is 3.57. The van der Waals surface area contributed by atoms with E-state index in [9.17, 15) is 0 Å². The lowest BCUT2D eigenvalue weighted by Crippen LogP contribution is -2.38. The summed E-state index contributed by atoms with van der Waals surface area (Å²) in [6.07, 6.45) is 5.10. The van der Waals surface area contributed by atoms with Crippen molar-refractivity contribution in [1.29, 1.82) is 0 Å². The molecule has 0 bridgehead atoms. The van der Waals surface area contributed by atoms with E-state index in [0.29, 0.717) is 18.5 Å². The molecule has 0 spiro atoms. The summed E-state index contributed by atoms with van der Waals surface area (Å²) < 4.78 is 5.72. The van der Waals surface area contributed by atoms with E-state index in [0.717, 1.165) is 18.2 Å². The summed E-state index contributed by atoms with van der Waals surface area (Å²) in [6, 6.07) is 2.41. The number of ether oxygens (including phenoxy) is 1. The van der Waals surface area contributed by atoms with Gasteiger partial charge >= 0.3 is 0 Å². The fraction of sp³-hybridized carbons (Fsp3) is 0.733. The van der Waals surface area contributed by atoms with E-state index < -0.39 is 0 Å². The fourth-order valence-electron chi connectivity index (χ4n) is 2.76. The Balaban J connectivity index is 2.24. The highest BCUT2D eigenvalue weighted by Crippen LogP contribution is 2.27. The van der Waals surface area contributed by atoms with E-state index >= 15 is 0 Å². The molecule has 1 aromatic heterocycles. The Morgan fingerprint density at radius 2 is 2.05 bits per heavy atom. The van der Waals surface area contributed by atoms with Gasteiger partial charge < -0.3 is 15.4 Å². The zero-order valence-corrected chi connectivity index (χ0v) is 12.8. The van der Waals surface area contributed by atoms with Crippen molar-refractivity contribution in [2.45, 2.75) is 58.6 Å². The number of aryl methyl sites for hydroxylation is 1. The maximum absolute atomic E-state index is 5.76. The van der Waals surface area contributed by atoms with Crippen molar-refractivity contribution in [3.8, 4) is 5.88 Å². The van der Waals surface area contributed by atoms with Crippen molar-refractivity contribution < 1.29 is 4.74 Å². The molecular weight excluding hydrogens is 252 g/mol. The lowest BCUT2D eigenvalue weighted by Gasteiger charge is -2.29. The number of hydrogen-bond donors (Lipinski definition) is 1. The predicted octanol–water partition coefficient (Wildman–Crippen LogP) is 2.28. The first-order valence-electron chi connectivity index (χ1n) is 7.59. The zero-order chi connectivity index (χ0) is 14.5. The molecule has 2 rings (SSSR count). The Morgan fingerprint density at radius 3 is 2.65 bits per heavy atom. The molecule has 0 radical (unpaired) electrons. The fourth-order valence-corrected chi connectivity index (χ4v) is 2.76. The van der Waals surface area contributed by atoms with Gasteiger partial charge in [0.25, 0.3) is 0 Å². The molecule has 0 aliphatic heterocycles. The van der Waals surface area contributed by atoms with E-state index in [-0.39, 0.29) is 6.10 Å². The number of rotatable bonds is 6. The van der Waals surface area contributed by atoms with Gasteiger partial charge in [-0.2, -0.15) is 4.98 Å². The van der Waals surface area contributed by atoms with Gasteiger partial charge in [0.2, 0.25) is 11.8 Å². The zero-order valence-electron chi connectivity index (χ0n) is 12.8. The highest BCUT2D eigenvalue weighted by Gasteiger charge is 2.24. The molecule has 2 N–H and O–H groups in total. The van der Waals surface area contributed by atoms with E-state index in [2.05, 4.69) is 14.9 Å². The van der Waals surface area contributed by atoms with E-state index in [1.165, 1.54) is 25.7 Å². The largest absolute Gasteiger partial charge is 0.475 e. The van der Waals surface area contributed by atoms with Crippen LogP contribution in [0.4, 0.5) is 5.95 Å². The molecule has 0 amide bonds. The molecule has 1 saturated carbocycles. The van der Waals surface area contributed by atoms with Gasteiger partial charge in [-0.3, -0.25) is 0 Å². The number of hydrogen-bond acceptors (Lipinski definition) is 5. The van der Waals surface area contributed by atoms with Crippen LogP contribution in [-0.2, 0) is 0 Å². The standard InChI is InChI=1S/C15H26N4O/c1-11(2)20-14-10-12(3)17-15(18-14)19(9-8-16)13-6-4-5-7-13/h10-11,13H,4-9,16H2,1-3H3. The van der Waals surface area contributed by atoms with Gasteiger partial charge in [0.05, 0.1) is 6.10 Å². The second-order valence-electron chi connectivity index (χ2n) is 5.73. The van der Waals surface area contributed by atoms with Crippen LogP contribution in [0, 0.1) is 6.92 Å². The number of nitrogens with zero attached hydrogens (tertiary/aromatic N) is 3. The summed E-state index contributed by atoms with van der Waals surface area (Å²) in [7, 11) is 0. The second-order valence-corrected chi connectivity index (χ2v) is 5.73. The molecule has 112 valence electrons. The summed E-state index contributed by atoms with van der Waals surface area (Å²) in [5, 5.41) is 0. The lowest BCUT2D eigenvalue weighted by atomic mass is 10.2. The van der Waals surface area contributed by atoms with Gasteiger partial charge in [-0.05, 0) is 33.6 Å². The quantitative estimate of drug-likeness (QED) is 0.865. The molecule has 1 aromatic rings. The van der Waals surface area contributed by atoms with Crippen LogP contribution in [0.2, 0.25) is 0 Å². The molecule has 5 nitrogen and oxygen atoms in total. The number of nitrogens with two attached hydrogens (primary N) is 1. The van der Waals surface area contributed by atoms with Crippen molar-refractivity contribution >= 4 is 5.95 Å². The molecule has 0 unspecified atom stereocenters. The lowest BCUT2D eigenvalue weighted by molar-refractivity contribution is 0.232. The smallest absolute Gasteiger partial charge is 0.229 e. The average molecular weight is 278 g/mol. The van der Waals surface area contributed by atoms with E-state index in [4.69, 9.17) is 10.5 Å². The SMILES string of the molecule is Cc1cc(OC(C)C)nc(N(CCN)C2CCCC2)n1. The number of anilines is 1. The molecule has 0 saturated heterocycles. The normalized spacial score (nSPS) is 15.8. The van der Waals surface area contributed by atoms with Crippen LogP contribution in [0.5, 0.6) is 5.88 Å². The van der Waals surface area contributed by atoms with Crippen molar-refractivity contribution in [2.75, 3.05) is 18.0 Å². The molecule has 1 fully saturated rings. The minimum atomic E-state index is 0.117. The minimum absolute atomic E-state index is 0.117. The van der Waals surface area contributed by atoms with Gasteiger partial charge in [0.15, 0.2) is 0 Å². The Labute approximate surface area is 121 Å². The minimum Gasteiger partial charge on any atom is -0.475 e. The summed E-state index contributed by atoms with van der Waals surface area (Å²) in [4.78, 5) is 11.4. The average Bonchev–Trinajstić information content (AvgIpc) is 2.87. The van der Waals surface area contributed by atoms with Crippen LogP contribution in [0.3, 0.4) is 0 Å². The molecule has 1 aliphatic rings. The molecular formula is C15H26N4O. The van der Waals surface area contributed by atoms with Crippen molar-refractivity contribution in [2.24, 2.45) is 5.73 Å². The van der Waals surface area contributed by atoms with Crippen LogP contribution in [-0.4, -0.2) is 35.2 Å². The van der Waals surface area contributed by atoms with Crippen LogP contribution in [0.25, 0.3) is 0 Å². The molecule has 0 aromatic carbocycles. The first-order chi connectivity index (χ1) is 9.60. The topological polar surface area (TPSA) is 64.3 Å². The summed E-state index contributed by atoms with van der Waals surface area (Å²) in [6.45, 7) is 7.41. The summed E-state index contributed by atoms with van der Waals surface area (Å²) >= 11 is 0. The third-order valence-corrected chi connectivity index (χ3v) is 3.57. The summed E-state index contributed by atoms with van der Waals surface area (Å²) in [5.74, 6) is 1.42. The highest BCUT2D eigenvalue weighted by molar-refractivity contribution is 5.36. The van der Waals surface area contributed by atoms with E-state index in [1.54, 1.807) is 0 Å². The molecule has 20 heavy (non-hydrogen) atoms. The first kappa shape index (κ1) is 15.0. The Bertz CT molecular complexity index is 430. The Hall–Kier alpha value is -1.36. The van der Waals surface area contributed by atoms with Crippen molar-refractivity contribution in [3.63, 3.8) is 0 Å². The second kappa shape index (κ2) is 6.88. The molecule has 1 heterocycles. The van der Waals surface area contributed by atoms with Gasteiger partial charge in [-0.1, -0.05) is 12.8 Å². The number of aromatic nitrogens is 2. The first-order valence-corrected chi connectivity index (χ1v) is 7.59. The van der Waals surface area contributed by atoms with Crippen LogP contribution >= 0.6 is 0 Å².